The summed E-state index contributed by atoms with van der Waals surface area (Å²) in [5, 5.41) is 31.2. The maximum Gasteiger partial charge on any atom is 0.435 e. The standard InChI is InChI=1S/C27H27F3N10O2.CH2O2/c1-2-16-11-17(3-4-19(16)26(42)35-14-22(41)36-18-5-7-32-12-18)37-24-25-34-13-21(40(25)10-8-33-24)20-15-39(9-6-31)38-23(20)27(28,29)30;2-1-3/h3-4,8,10-11,13,15,18,32H,2,5,7,9,12,14H2,1H3,(H,33,37)(H,35,42)(H,36,41);1H,(H,2,3)/t18-;/m0./s1. The number of carboxylic acid groups (broad SMARTS) is 1. The van der Waals surface area contributed by atoms with Crippen LogP contribution in [0.25, 0.3) is 16.9 Å². The SMILES string of the molecule is CCc1cc(Nc2nccn3c(-c4cn(CC#N)nc4C(F)(F)F)cnc23)ccc1C(=O)NCC(=O)N[C@H]1CCNC1.O=CO. The molecule has 1 fully saturated rings. The number of aryl methyl sites for hydroxylation is 1. The van der Waals surface area contributed by atoms with Crippen molar-refractivity contribution in [2.24, 2.45) is 0 Å². The van der Waals surface area contributed by atoms with Gasteiger partial charge in [0.05, 0.1) is 30.1 Å². The fraction of sp³-hybridized carbons (Fsp3) is 0.321. The zero-order valence-corrected chi connectivity index (χ0v) is 23.9. The zero-order valence-electron chi connectivity index (χ0n) is 23.9. The highest BCUT2D eigenvalue weighted by molar-refractivity contribution is 5.98. The average molecular weight is 627 g/mol. The normalized spacial score (nSPS) is 14.2. The zero-order chi connectivity index (χ0) is 32.6. The summed E-state index contributed by atoms with van der Waals surface area (Å²) in [7, 11) is 0. The first-order valence-electron chi connectivity index (χ1n) is 13.7. The van der Waals surface area contributed by atoms with Crippen molar-refractivity contribution in [3.8, 4) is 17.3 Å². The predicted molar refractivity (Wildman–Crippen MR) is 154 cm³/mol. The lowest BCUT2D eigenvalue weighted by atomic mass is 10.0. The van der Waals surface area contributed by atoms with E-state index in [4.69, 9.17) is 15.2 Å². The number of carbonyl (C=O) groups is 3. The van der Waals surface area contributed by atoms with Crippen molar-refractivity contribution >= 4 is 35.4 Å². The van der Waals surface area contributed by atoms with E-state index >= 15 is 0 Å². The maximum atomic E-state index is 13.7. The Hall–Kier alpha value is -5.50. The summed E-state index contributed by atoms with van der Waals surface area (Å²) in [5.41, 5.74) is 0.756. The molecule has 0 bridgehead atoms. The van der Waals surface area contributed by atoms with Gasteiger partial charge in [-0.15, -0.1) is 0 Å². The third-order valence-electron chi connectivity index (χ3n) is 6.80. The number of carbonyl (C=O) groups excluding carboxylic acids is 2. The van der Waals surface area contributed by atoms with Crippen LogP contribution < -0.4 is 21.3 Å². The van der Waals surface area contributed by atoms with E-state index in [0.29, 0.717) is 29.8 Å². The fourth-order valence-electron chi connectivity index (χ4n) is 4.81. The molecule has 0 unspecified atom stereocenters. The van der Waals surface area contributed by atoms with Gasteiger partial charge in [-0.3, -0.25) is 23.5 Å². The van der Waals surface area contributed by atoms with E-state index < -0.39 is 11.9 Å². The summed E-state index contributed by atoms with van der Waals surface area (Å²) >= 11 is 0. The van der Waals surface area contributed by atoms with Crippen LogP contribution >= 0.6 is 0 Å². The van der Waals surface area contributed by atoms with Crippen molar-refractivity contribution in [2.75, 3.05) is 25.0 Å². The van der Waals surface area contributed by atoms with Gasteiger partial charge in [0.1, 0.15) is 6.54 Å². The van der Waals surface area contributed by atoms with Crippen molar-refractivity contribution < 1.29 is 32.7 Å². The van der Waals surface area contributed by atoms with Crippen molar-refractivity contribution in [2.45, 2.75) is 38.5 Å². The Labute approximate surface area is 254 Å². The summed E-state index contributed by atoms with van der Waals surface area (Å²) in [4.78, 5) is 42.0. The number of fused-ring (bicyclic) bond motifs is 1. The van der Waals surface area contributed by atoms with Gasteiger partial charge >= 0.3 is 6.18 Å². The molecule has 1 aliphatic heterocycles. The van der Waals surface area contributed by atoms with Crippen LogP contribution in [0.15, 0.2) is 43.0 Å². The van der Waals surface area contributed by atoms with Crippen LogP contribution in [-0.2, 0) is 28.7 Å². The largest absolute Gasteiger partial charge is 0.483 e. The van der Waals surface area contributed by atoms with Crippen LogP contribution in [-0.4, -0.2) is 73.2 Å². The fourth-order valence-corrected chi connectivity index (χ4v) is 4.81. The molecule has 5 rings (SSSR count). The molecule has 4 aromatic rings. The van der Waals surface area contributed by atoms with Gasteiger partial charge in [0.2, 0.25) is 5.91 Å². The van der Waals surface area contributed by atoms with Crippen LogP contribution in [0.5, 0.6) is 0 Å². The molecule has 1 saturated heterocycles. The number of amides is 2. The summed E-state index contributed by atoms with van der Waals surface area (Å²) in [6.07, 6.45) is 1.98. The highest BCUT2D eigenvalue weighted by Gasteiger charge is 2.38. The number of halogens is 3. The third-order valence-corrected chi connectivity index (χ3v) is 6.80. The van der Waals surface area contributed by atoms with Crippen molar-refractivity contribution in [1.82, 2.24) is 40.1 Å². The van der Waals surface area contributed by atoms with Crippen LogP contribution in [0.4, 0.5) is 24.7 Å². The molecule has 4 heterocycles. The third kappa shape index (κ3) is 7.72. The molecule has 0 aliphatic carbocycles. The van der Waals surface area contributed by atoms with Crippen LogP contribution in [0.1, 0.15) is 35.0 Å². The number of benzene rings is 1. The Morgan fingerprint density at radius 3 is 2.73 bits per heavy atom. The topological polar surface area (TPSA) is 191 Å². The number of anilines is 2. The van der Waals surface area contributed by atoms with Gasteiger partial charge in [-0.05, 0) is 43.1 Å². The molecule has 3 aromatic heterocycles. The molecule has 45 heavy (non-hydrogen) atoms. The number of hydrogen-bond acceptors (Lipinski definition) is 9. The van der Waals surface area contributed by atoms with E-state index in [1.54, 1.807) is 24.3 Å². The molecular weight excluding hydrogens is 597 g/mol. The summed E-state index contributed by atoms with van der Waals surface area (Å²) in [6, 6.07) is 6.91. The number of aromatic nitrogens is 5. The maximum absolute atomic E-state index is 13.7. The number of imidazole rings is 1. The number of nitrogens with one attached hydrogen (secondary N) is 4. The Morgan fingerprint density at radius 1 is 1.29 bits per heavy atom. The molecule has 17 heteroatoms. The van der Waals surface area contributed by atoms with Gasteiger partial charge < -0.3 is 26.4 Å². The van der Waals surface area contributed by atoms with Crippen molar-refractivity contribution in [3.05, 3.63) is 59.8 Å². The van der Waals surface area contributed by atoms with E-state index in [0.717, 1.165) is 23.8 Å². The van der Waals surface area contributed by atoms with Crippen molar-refractivity contribution in [1.29, 1.82) is 5.26 Å². The van der Waals surface area contributed by atoms with E-state index in [-0.39, 0.29) is 60.1 Å². The first kappa shape index (κ1) is 32.4. The van der Waals surface area contributed by atoms with Gasteiger partial charge in [-0.2, -0.15) is 23.5 Å². The van der Waals surface area contributed by atoms with E-state index in [1.165, 1.54) is 23.0 Å². The Morgan fingerprint density at radius 2 is 2.07 bits per heavy atom. The molecule has 1 aliphatic rings. The Kier molecular flexibility index (Phi) is 10.3. The highest BCUT2D eigenvalue weighted by Crippen LogP contribution is 2.37. The lowest BCUT2D eigenvalue weighted by Gasteiger charge is -2.14. The number of hydrogen-bond donors (Lipinski definition) is 5. The van der Waals surface area contributed by atoms with E-state index in [1.807, 2.05) is 6.92 Å². The van der Waals surface area contributed by atoms with Gasteiger partial charge in [-0.25, -0.2) is 9.97 Å². The Balaban J connectivity index is 0.00000148. The summed E-state index contributed by atoms with van der Waals surface area (Å²) in [5.74, 6) is -0.362. The molecule has 14 nitrogen and oxygen atoms in total. The highest BCUT2D eigenvalue weighted by atomic mass is 19.4. The van der Waals surface area contributed by atoms with Gasteiger partial charge in [0.15, 0.2) is 17.2 Å². The van der Waals surface area contributed by atoms with E-state index in [9.17, 15) is 22.8 Å². The molecule has 236 valence electrons. The van der Waals surface area contributed by atoms with Crippen LogP contribution in [0.2, 0.25) is 0 Å². The molecule has 1 aromatic carbocycles. The van der Waals surface area contributed by atoms with E-state index in [2.05, 4.69) is 36.3 Å². The van der Waals surface area contributed by atoms with Crippen molar-refractivity contribution in [3.63, 3.8) is 0 Å². The van der Waals surface area contributed by atoms with Crippen LogP contribution in [0.3, 0.4) is 0 Å². The molecular formula is C28H29F3N10O4. The van der Waals surface area contributed by atoms with Crippen LogP contribution in [0, 0.1) is 11.3 Å². The number of rotatable bonds is 9. The minimum absolute atomic E-state index is 0.0585. The van der Waals surface area contributed by atoms with Gasteiger partial charge in [0.25, 0.3) is 12.4 Å². The second-order valence-electron chi connectivity index (χ2n) is 9.75. The second kappa shape index (κ2) is 14.3. The first-order valence-corrected chi connectivity index (χ1v) is 13.7. The smallest absolute Gasteiger partial charge is 0.435 e. The minimum atomic E-state index is -4.74. The lowest BCUT2D eigenvalue weighted by Crippen LogP contribution is -2.42. The molecule has 0 saturated carbocycles. The first-order chi connectivity index (χ1) is 21.6. The summed E-state index contributed by atoms with van der Waals surface area (Å²) in [6.45, 7) is 2.71. The predicted octanol–water partition coefficient (Wildman–Crippen LogP) is 2.35. The monoisotopic (exact) mass is 626 g/mol. The lowest BCUT2D eigenvalue weighted by molar-refractivity contribution is -0.141. The van der Waals surface area contributed by atoms with Gasteiger partial charge in [0, 0.05) is 42.4 Å². The molecule has 1 atom stereocenters. The quantitative estimate of drug-likeness (QED) is 0.172. The number of nitrogens with zero attached hydrogens (tertiary/aromatic N) is 6. The summed E-state index contributed by atoms with van der Waals surface area (Å²) < 4.78 is 43.6. The second-order valence-corrected chi connectivity index (χ2v) is 9.75. The molecule has 5 N–H and O–H groups in total. The number of alkyl halides is 3. The molecule has 0 spiro atoms. The average Bonchev–Trinajstić information content (AvgIpc) is 3.77. The molecule has 0 radical (unpaired) electrons. The number of nitriles is 1. The Bertz CT molecular complexity index is 1720. The molecule has 2 amide bonds. The van der Waals surface area contributed by atoms with Gasteiger partial charge in [-0.1, -0.05) is 6.92 Å². The minimum Gasteiger partial charge on any atom is -0.483 e.